The first kappa shape index (κ1) is 14.3. The molecule has 1 saturated heterocycles. The summed E-state index contributed by atoms with van der Waals surface area (Å²) in [7, 11) is 0. The van der Waals surface area contributed by atoms with Crippen LogP contribution in [-0.4, -0.2) is 18.1 Å². The molecule has 3 heteroatoms. The molecule has 1 aliphatic heterocycles. The van der Waals surface area contributed by atoms with Gasteiger partial charge in [-0.05, 0) is 30.0 Å². The molecule has 1 aliphatic rings. The summed E-state index contributed by atoms with van der Waals surface area (Å²) in [4.78, 5) is 7.29. The van der Waals surface area contributed by atoms with Crippen LogP contribution >= 0.6 is 0 Å². The zero-order valence-corrected chi connectivity index (χ0v) is 12.7. The summed E-state index contributed by atoms with van der Waals surface area (Å²) < 4.78 is 0. The molecule has 3 nitrogen and oxygen atoms in total. The molecule has 0 aliphatic carbocycles. The summed E-state index contributed by atoms with van der Waals surface area (Å²) in [5.74, 6) is 1.94. The second kappa shape index (κ2) is 5.49. The minimum Gasteiger partial charge on any atom is -0.356 e. The molecule has 2 rings (SSSR count). The van der Waals surface area contributed by atoms with Crippen LogP contribution in [0.3, 0.4) is 0 Å². The number of aromatic nitrogens is 1. The van der Waals surface area contributed by atoms with Gasteiger partial charge in [-0.3, -0.25) is 0 Å². The van der Waals surface area contributed by atoms with Crippen LogP contribution in [0.5, 0.6) is 0 Å². The maximum absolute atomic E-state index is 5.84. The number of rotatable bonds is 3. The maximum Gasteiger partial charge on any atom is 0.129 e. The molecule has 0 spiro atoms. The van der Waals surface area contributed by atoms with Crippen LogP contribution in [0.4, 0.5) is 5.82 Å². The van der Waals surface area contributed by atoms with Gasteiger partial charge in [0, 0.05) is 30.7 Å². The van der Waals surface area contributed by atoms with E-state index >= 15 is 0 Å². The lowest BCUT2D eigenvalue weighted by molar-refractivity contribution is 0.562. The molecule has 0 radical (unpaired) electrons. The van der Waals surface area contributed by atoms with E-state index in [2.05, 4.69) is 44.7 Å². The summed E-state index contributed by atoms with van der Waals surface area (Å²) in [6.45, 7) is 11.8. The average molecular weight is 261 g/mol. The van der Waals surface area contributed by atoms with E-state index in [1.165, 1.54) is 18.4 Å². The Hall–Kier alpha value is -1.09. The second-order valence-electron chi connectivity index (χ2n) is 6.68. The molecule has 2 N–H and O–H groups in total. The van der Waals surface area contributed by atoms with Crippen molar-refractivity contribution in [3.63, 3.8) is 0 Å². The molecular weight excluding hydrogens is 234 g/mol. The Morgan fingerprint density at radius 2 is 2.11 bits per heavy atom. The van der Waals surface area contributed by atoms with Gasteiger partial charge in [0.05, 0.1) is 0 Å². The van der Waals surface area contributed by atoms with Crippen molar-refractivity contribution in [3.8, 4) is 0 Å². The summed E-state index contributed by atoms with van der Waals surface area (Å²) in [5, 5.41) is 0. The molecule has 0 amide bonds. The molecule has 0 aromatic carbocycles. The molecule has 0 saturated carbocycles. The van der Waals surface area contributed by atoms with Gasteiger partial charge in [-0.25, -0.2) is 4.98 Å². The van der Waals surface area contributed by atoms with Gasteiger partial charge in [0.15, 0.2) is 0 Å². The molecule has 1 aromatic rings. The number of nitrogens with zero attached hydrogens (tertiary/aromatic N) is 2. The van der Waals surface area contributed by atoms with Gasteiger partial charge in [-0.2, -0.15) is 0 Å². The number of hydrogen-bond donors (Lipinski definition) is 1. The molecular formula is C16H27N3. The molecule has 106 valence electrons. The van der Waals surface area contributed by atoms with Gasteiger partial charge in [0.2, 0.25) is 0 Å². The summed E-state index contributed by atoms with van der Waals surface area (Å²) >= 11 is 0. The van der Waals surface area contributed by atoms with Crippen LogP contribution < -0.4 is 10.6 Å². The Labute approximate surface area is 117 Å². The first-order valence-corrected chi connectivity index (χ1v) is 7.40. The van der Waals surface area contributed by atoms with E-state index in [-0.39, 0.29) is 5.41 Å². The highest BCUT2D eigenvalue weighted by Crippen LogP contribution is 2.28. The minimum atomic E-state index is 0.0732. The van der Waals surface area contributed by atoms with Gasteiger partial charge in [0.1, 0.15) is 5.82 Å². The zero-order valence-electron chi connectivity index (χ0n) is 12.7. The molecule has 1 fully saturated rings. The van der Waals surface area contributed by atoms with Gasteiger partial charge in [0.25, 0.3) is 0 Å². The maximum atomic E-state index is 5.84. The van der Waals surface area contributed by atoms with Crippen LogP contribution in [0.25, 0.3) is 0 Å². The van der Waals surface area contributed by atoms with Crippen molar-refractivity contribution in [3.05, 3.63) is 23.4 Å². The smallest absolute Gasteiger partial charge is 0.129 e. The number of nitrogens with two attached hydrogens (primary N) is 1. The zero-order chi connectivity index (χ0) is 14.0. The van der Waals surface area contributed by atoms with Crippen molar-refractivity contribution in [2.45, 2.75) is 52.5 Å². The monoisotopic (exact) mass is 261 g/mol. The third-order valence-electron chi connectivity index (χ3n) is 4.06. The number of hydrogen-bond acceptors (Lipinski definition) is 3. The number of pyridine rings is 1. The fourth-order valence-electron chi connectivity index (χ4n) is 2.61. The van der Waals surface area contributed by atoms with Crippen LogP contribution in [0.2, 0.25) is 0 Å². The second-order valence-corrected chi connectivity index (χ2v) is 6.68. The quantitative estimate of drug-likeness (QED) is 0.909. The van der Waals surface area contributed by atoms with Gasteiger partial charge >= 0.3 is 0 Å². The van der Waals surface area contributed by atoms with Crippen molar-refractivity contribution in [1.29, 1.82) is 0 Å². The molecule has 19 heavy (non-hydrogen) atoms. The lowest BCUT2D eigenvalue weighted by atomic mass is 9.90. The van der Waals surface area contributed by atoms with E-state index in [1.54, 1.807) is 0 Å². The average Bonchev–Trinajstić information content (AvgIpc) is 2.86. The van der Waals surface area contributed by atoms with Gasteiger partial charge < -0.3 is 10.6 Å². The minimum absolute atomic E-state index is 0.0732. The van der Waals surface area contributed by atoms with E-state index in [4.69, 9.17) is 10.7 Å². The Morgan fingerprint density at radius 1 is 1.37 bits per heavy atom. The highest BCUT2D eigenvalue weighted by Gasteiger charge is 2.24. The summed E-state index contributed by atoms with van der Waals surface area (Å²) in [6, 6.07) is 4.31. The van der Waals surface area contributed by atoms with Crippen molar-refractivity contribution >= 4 is 5.82 Å². The normalized spacial score (nSPS) is 20.1. The number of anilines is 1. The fraction of sp³-hybridized carbons (Fsp3) is 0.688. The standard InChI is InChI=1S/C16H27N3/c1-5-12-6-7-19(11-12)15-9-13(10-17)8-14(18-15)16(2,3)4/h8-9,12H,5-7,10-11,17H2,1-4H3. The molecule has 0 bridgehead atoms. The van der Waals surface area contributed by atoms with Crippen LogP contribution in [-0.2, 0) is 12.0 Å². The predicted molar refractivity (Wildman–Crippen MR) is 81.4 cm³/mol. The third-order valence-corrected chi connectivity index (χ3v) is 4.06. The largest absolute Gasteiger partial charge is 0.356 e. The van der Waals surface area contributed by atoms with Crippen molar-refractivity contribution < 1.29 is 0 Å². The van der Waals surface area contributed by atoms with Crippen LogP contribution in [0, 0.1) is 5.92 Å². The highest BCUT2D eigenvalue weighted by atomic mass is 15.2. The predicted octanol–water partition coefficient (Wildman–Crippen LogP) is 3.07. The fourth-order valence-corrected chi connectivity index (χ4v) is 2.61. The van der Waals surface area contributed by atoms with E-state index in [9.17, 15) is 0 Å². The lowest BCUT2D eigenvalue weighted by Crippen LogP contribution is -2.23. The summed E-state index contributed by atoms with van der Waals surface area (Å²) in [5.41, 5.74) is 8.24. The van der Waals surface area contributed by atoms with E-state index in [1.807, 2.05) is 0 Å². The van der Waals surface area contributed by atoms with Gasteiger partial charge in [-0.15, -0.1) is 0 Å². The molecule has 1 aromatic heterocycles. The summed E-state index contributed by atoms with van der Waals surface area (Å²) in [6.07, 6.45) is 2.55. The van der Waals surface area contributed by atoms with Crippen molar-refractivity contribution in [2.75, 3.05) is 18.0 Å². The highest BCUT2D eigenvalue weighted by molar-refractivity contribution is 5.45. The molecule has 1 atom stereocenters. The van der Waals surface area contributed by atoms with Crippen molar-refractivity contribution in [1.82, 2.24) is 4.98 Å². The van der Waals surface area contributed by atoms with Gasteiger partial charge in [-0.1, -0.05) is 34.1 Å². The van der Waals surface area contributed by atoms with Crippen molar-refractivity contribution in [2.24, 2.45) is 11.7 Å². The van der Waals surface area contributed by atoms with E-state index in [0.29, 0.717) is 6.54 Å². The van der Waals surface area contributed by atoms with E-state index in [0.717, 1.165) is 30.5 Å². The molecule has 2 heterocycles. The Morgan fingerprint density at radius 3 is 2.63 bits per heavy atom. The Kier molecular flexibility index (Phi) is 4.14. The third kappa shape index (κ3) is 3.27. The SMILES string of the molecule is CCC1CCN(c2cc(CN)cc(C(C)(C)C)n2)C1. The lowest BCUT2D eigenvalue weighted by Gasteiger charge is -2.24. The molecule has 1 unspecified atom stereocenters. The van der Waals surface area contributed by atoms with E-state index < -0.39 is 0 Å². The first-order valence-electron chi connectivity index (χ1n) is 7.40. The Balaban J connectivity index is 2.30. The van der Waals surface area contributed by atoms with Crippen LogP contribution in [0.15, 0.2) is 12.1 Å². The topological polar surface area (TPSA) is 42.1 Å². The Bertz CT molecular complexity index is 434. The first-order chi connectivity index (χ1) is 8.94. The van der Waals surface area contributed by atoms with Crippen LogP contribution in [0.1, 0.15) is 51.8 Å².